The Morgan fingerprint density at radius 3 is 1.71 bits per heavy atom. The molecule has 3 rings (SSSR count). The van der Waals surface area contributed by atoms with Crippen LogP contribution < -0.4 is 10.1 Å². The lowest BCUT2D eigenvalue weighted by Gasteiger charge is -2.39. The molecule has 0 bridgehead atoms. The Morgan fingerprint density at radius 1 is 0.756 bits per heavy atom. The van der Waals surface area contributed by atoms with Crippen LogP contribution in [0.2, 0.25) is 0 Å². The van der Waals surface area contributed by atoms with Gasteiger partial charge in [0.1, 0.15) is 18.1 Å². The number of rotatable bonds is 7. The second kappa shape index (κ2) is 12.3. The fraction of sp³-hybridized carbons (Fsp3) is 0.657. The Bertz CT molecular complexity index is 1170. The smallest absolute Gasteiger partial charge is 0.127 e. The van der Waals surface area contributed by atoms with Gasteiger partial charge >= 0.3 is 0 Å². The van der Waals surface area contributed by atoms with Crippen molar-refractivity contribution >= 4 is 23.5 Å². The third-order valence-electron chi connectivity index (χ3n) is 7.68. The SMILES string of the molecule is CC(C)(C)c1cc(SC2(Sc3ccc(C(C)(C)C)c(OCCO)c3C(C)(C)C)CCNCC2)cc(C(C)(C)C)c1O. The molecule has 1 heterocycles. The molecule has 0 aliphatic carbocycles. The summed E-state index contributed by atoms with van der Waals surface area (Å²) in [5.74, 6) is 1.35. The second-order valence-corrected chi connectivity index (χ2v) is 18.8. The first-order valence-corrected chi connectivity index (χ1v) is 16.7. The standard InChI is InChI=1S/C35H55NO3S2/c1-31(2,3)24-13-14-27(28(34(10,11)12)30(24)39-20-19-37)41-35(15-17-36-18-16-35)40-23-21-25(32(4,5)6)29(38)26(22-23)33(7,8)9/h13-14,21-22,36-38H,15-20H2,1-12H3. The van der Waals surface area contributed by atoms with Crippen molar-refractivity contribution in [3.05, 3.63) is 46.5 Å². The Labute approximate surface area is 258 Å². The monoisotopic (exact) mass is 601 g/mol. The number of piperidine rings is 1. The number of aliphatic hydroxyl groups is 1. The number of aromatic hydroxyl groups is 1. The molecule has 0 radical (unpaired) electrons. The van der Waals surface area contributed by atoms with Crippen LogP contribution in [0.1, 0.15) is 118 Å². The van der Waals surface area contributed by atoms with E-state index in [1.54, 1.807) is 0 Å². The number of benzene rings is 2. The van der Waals surface area contributed by atoms with Crippen LogP contribution in [0.25, 0.3) is 0 Å². The van der Waals surface area contributed by atoms with E-state index < -0.39 is 0 Å². The molecule has 0 atom stereocenters. The van der Waals surface area contributed by atoms with E-state index in [2.05, 4.69) is 113 Å². The Kier molecular flexibility index (Phi) is 10.3. The summed E-state index contributed by atoms with van der Waals surface area (Å²) in [6.07, 6.45) is 2.05. The highest BCUT2D eigenvalue weighted by Crippen LogP contribution is 2.56. The van der Waals surface area contributed by atoms with Crippen LogP contribution in [0.4, 0.5) is 0 Å². The second-order valence-electron chi connectivity index (χ2n) is 15.6. The van der Waals surface area contributed by atoms with Crippen molar-refractivity contribution in [3.8, 4) is 11.5 Å². The van der Waals surface area contributed by atoms with Crippen LogP contribution in [-0.2, 0) is 21.7 Å². The number of hydrogen-bond acceptors (Lipinski definition) is 6. The molecule has 1 aliphatic heterocycles. The summed E-state index contributed by atoms with van der Waals surface area (Å²) in [5, 5.41) is 24.6. The van der Waals surface area contributed by atoms with E-state index in [-0.39, 0.29) is 39.0 Å². The predicted molar refractivity (Wildman–Crippen MR) is 178 cm³/mol. The number of hydrogen-bond donors (Lipinski definition) is 3. The van der Waals surface area contributed by atoms with E-state index in [0.717, 1.165) is 42.8 Å². The lowest BCUT2D eigenvalue weighted by atomic mass is 9.79. The van der Waals surface area contributed by atoms with E-state index in [1.165, 1.54) is 20.9 Å². The molecule has 230 valence electrons. The van der Waals surface area contributed by atoms with Gasteiger partial charge in [-0.05, 0) is 71.4 Å². The quantitative estimate of drug-likeness (QED) is 0.276. The largest absolute Gasteiger partial charge is 0.507 e. The maximum absolute atomic E-state index is 11.4. The van der Waals surface area contributed by atoms with Crippen molar-refractivity contribution in [1.82, 2.24) is 5.32 Å². The molecule has 41 heavy (non-hydrogen) atoms. The molecule has 6 heteroatoms. The predicted octanol–water partition coefficient (Wildman–Crippen LogP) is 8.92. The van der Waals surface area contributed by atoms with E-state index >= 15 is 0 Å². The summed E-state index contributed by atoms with van der Waals surface area (Å²) in [6.45, 7) is 28.7. The molecule has 1 saturated heterocycles. The normalized spacial score (nSPS) is 16.6. The van der Waals surface area contributed by atoms with Gasteiger partial charge in [0.2, 0.25) is 0 Å². The Balaban J connectivity index is 2.20. The van der Waals surface area contributed by atoms with Gasteiger partial charge in [0.25, 0.3) is 0 Å². The molecule has 2 aromatic carbocycles. The molecule has 0 aromatic heterocycles. The third kappa shape index (κ3) is 8.19. The zero-order valence-electron chi connectivity index (χ0n) is 27.7. The number of thioether (sulfide) groups is 2. The van der Waals surface area contributed by atoms with Crippen molar-refractivity contribution in [2.75, 3.05) is 26.3 Å². The molecule has 0 saturated carbocycles. The topological polar surface area (TPSA) is 61.7 Å². The van der Waals surface area contributed by atoms with Gasteiger partial charge < -0.3 is 20.3 Å². The molecule has 3 N–H and O–H groups in total. The number of aliphatic hydroxyl groups excluding tert-OH is 1. The zero-order valence-corrected chi connectivity index (χ0v) is 29.3. The van der Waals surface area contributed by atoms with E-state index in [0.29, 0.717) is 5.75 Å². The molecule has 1 fully saturated rings. The number of nitrogens with one attached hydrogen (secondary N) is 1. The fourth-order valence-corrected chi connectivity index (χ4v) is 8.87. The maximum atomic E-state index is 11.4. The van der Waals surface area contributed by atoms with Crippen molar-refractivity contribution in [2.24, 2.45) is 0 Å². The van der Waals surface area contributed by atoms with Gasteiger partial charge in [-0.1, -0.05) is 89.2 Å². The van der Waals surface area contributed by atoms with Gasteiger partial charge in [-0.25, -0.2) is 0 Å². The lowest BCUT2D eigenvalue weighted by molar-refractivity contribution is 0.195. The van der Waals surface area contributed by atoms with Gasteiger partial charge in [-0.2, -0.15) is 0 Å². The van der Waals surface area contributed by atoms with Gasteiger partial charge in [-0.3, -0.25) is 0 Å². The van der Waals surface area contributed by atoms with Gasteiger partial charge in [0.15, 0.2) is 0 Å². The summed E-state index contributed by atoms with van der Waals surface area (Å²) in [4.78, 5) is 2.46. The first kappa shape index (κ1) is 34.2. The van der Waals surface area contributed by atoms with E-state index in [1.807, 2.05) is 23.5 Å². The molecule has 4 nitrogen and oxygen atoms in total. The highest BCUT2D eigenvalue weighted by atomic mass is 32.2. The minimum atomic E-state index is -0.170. The van der Waals surface area contributed by atoms with Crippen LogP contribution in [0, 0.1) is 0 Å². The molecular weight excluding hydrogens is 547 g/mol. The fourth-order valence-electron chi connectivity index (χ4n) is 5.51. The molecule has 0 amide bonds. The van der Waals surface area contributed by atoms with Crippen LogP contribution in [-0.4, -0.2) is 40.6 Å². The first-order chi connectivity index (χ1) is 18.7. The van der Waals surface area contributed by atoms with Crippen LogP contribution in [0.15, 0.2) is 34.1 Å². The third-order valence-corrected chi connectivity index (χ3v) is 10.8. The zero-order chi connectivity index (χ0) is 31.0. The van der Waals surface area contributed by atoms with Crippen molar-refractivity contribution in [1.29, 1.82) is 0 Å². The van der Waals surface area contributed by atoms with Crippen LogP contribution >= 0.6 is 23.5 Å². The van der Waals surface area contributed by atoms with Crippen molar-refractivity contribution in [2.45, 2.75) is 131 Å². The highest BCUT2D eigenvalue weighted by molar-refractivity contribution is 8.18. The number of ether oxygens (including phenoxy) is 1. The van der Waals surface area contributed by atoms with E-state index in [4.69, 9.17) is 4.74 Å². The average molecular weight is 602 g/mol. The summed E-state index contributed by atoms with van der Waals surface area (Å²) in [5.41, 5.74) is 3.83. The minimum Gasteiger partial charge on any atom is -0.507 e. The summed E-state index contributed by atoms with van der Waals surface area (Å²) >= 11 is 3.94. The molecule has 0 spiro atoms. The Hall–Kier alpha value is -1.34. The summed E-state index contributed by atoms with van der Waals surface area (Å²) in [7, 11) is 0. The summed E-state index contributed by atoms with van der Waals surface area (Å²) in [6, 6.07) is 8.99. The van der Waals surface area contributed by atoms with E-state index in [9.17, 15) is 10.2 Å². The minimum absolute atomic E-state index is 0.0108. The Morgan fingerprint density at radius 2 is 1.27 bits per heavy atom. The summed E-state index contributed by atoms with van der Waals surface area (Å²) < 4.78 is 6.28. The van der Waals surface area contributed by atoms with Crippen molar-refractivity contribution < 1.29 is 14.9 Å². The number of phenols is 1. The lowest BCUT2D eigenvalue weighted by Crippen LogP contribution is -2.37. The average Bonchev–Trinajstić information content (AvgIpc) is 2.81. The molecule has 1 aliphatic rings. The number of phenolic OH excluding ortho intramolecular Hbond substituents is 1. The highest BCUT2D eigenvalue weighted by Gasteiger charge is 2.39. The van der Waals surface area contributed by atoms with Crippen LogP contribution in [0.5, 0.6) is 11.5 Å². The van der Waals surface area contributed by atoms with Crippen LogP contribution in [0.3, 0.4) is 0 Å². The van der Waals surface area contributed by atoms with Gasteiger partial charge in [-0.15, -0.1) is 23.5 Å². The maximum Gasteiger partial charge on any atom is 0.127 e. The van der Waals surface area contributed by atoms with Gasteiger partial charge in [0, 0.05) is 26.5 Å². The first-order valence-electron chi connectivity index (χ1n) is 15.1. The molecular formula is C35H55NO3S2. The van der Waals surface area contributed by atoms with Gasteiger partial charge in [0.05, 0.1) is 10.7 Å². The molecule has 2 aromatic rings. The molecule has 0 unspecified atom stereocenters. The van der Waals surface area contributed by atoms with Crippen molar-refractivity contribution in [3.63, 3.8) is 0 Å².